The van der Waals surface area contributed by atoms with E-state index in [1.165, 1.54) is 16.4 Å². The Morgan fingerprint density at radius 1 is 0.929 bits per heavy atom. The molecule has 5 rings (SSSR count). The summed E-state index contributed by atoms with van der Waals surface area (Å²) in [5, 5.41) is 8.04. The number of carbonyl (C=O) groups excluding carboxylic acids is 2. The Balaban J connectivity index is 1.38. The van der Waals surface area contributed by atoms with Gasteiger partial charge in [0.2, 0.25) is 15.9 Å². The van der Waals surface area contributed by atoms with Crippen molar-refractivity contribution in [2.45, 2.75) is 61.5 Å². The minimum absolute atomic E-state index is 0.0354. The molecule has 2 heterocycles. The second kappa shape index (κ2) is 17.7. The number of piperazine rings is 1. The number of hydrogen-bond donors (Lipinski definition) is 3. The number of aromatic nitrogens is 1. The molecule has 4 atom stereocenters. The predicted molar refractivity (Wildman–Crippen MR) is 188 cm³/mol. The van der Waals surface area contributed by atoms with E-state index in [1.807, 2.05) is 0 Å². The Labute approximate surface area is 317 Å². The maximum absolute atomic E-state index is 15.4. The normalized spacial score (nSPS) is 17.4. The van der Waals surface area contributed by atoms with Crippen molar-refractivity contribution in [1.29, 1.82) is 0 Å². The molecule has 1 saturated heterocycles. The Bertz CT molecular complexity index is 2110. The van der Waals surface area contributed by atoms with Gasteiger partial charge in [0.25, 0.3) is 0 Å². The fourth-order valence-corrected chi connectivity index (χ4v) is 8.48. The van der Waals surface area contributed by atoms with Crippen LogP contribution in [0.25, 0.3) is 0 Å². The van der Waals surface area contributed by atoms with Gasteiger partial charge in [-0.15, -0.1) is 13.2 Å². The van der Waals surface area contributed by atoms with Crippen LogP contribution in [0.1, 0.15) is 42.4 Å². The molecule has 0 spiro atoms. The van der Waals surface area contributed by atoms with Crippen LogP contribution in [0.3, 0.4) is 0 Å². The van der Waals surface area contributed by atoms with Crippen LogP contribution in [0.5, 0.6) is 5.75 Å². The number of carbonyl (C=O) groups is 2. The first-order valence-electron chi connectivity index (χ1n) is 17.1. The number of amides is 2. The zero-order valence-electron chi connectivity index (χ0n) is 29.7. The summed E-state index contributed by atoms with van der Waals surface area (Å²) in [6, 6.07) is 8.01. The monoisotopic (exact) mass is 811 g/mol. The number of halogens is 7. The standard InChI is InChI=1S/C37H36F7N5O6S/c1-21-17-45-18-27(49(21)56(52,53)29-12-10-28(11-13-29)55-37(42,43)44)4-3-5-30-31(41)19-46-20-32(30)47-35(50)34(48-36(51)54-2)33(22-6-8-24(38)9-7-22)23-14-25(39)16-26(40)15-23/h6-16,19-21,27,33-34,45H,3-5,17-18H2,1-2H3,(H,47,50)(H,48,51). The van der Waals surface area contributed by atoms with Gasteiger partial charge in [0.1, 0.15) is 35.1 Å². The number of pyridine rings is 1. The summed E-state index contributed by atoms with van der Waals surface area (Å²) in [6.07, 6.45) is -3.74. The van der Waals surface area contributed by atoms with Crippen LogP contribution in [0, 0.1) is 23.3 Å². The van der Waals surface area contributed by atoms with Crippen LogP contribution in [0.2, 0.25) is 0 Å². The first-order valence-corrected chi connectivity index (χ1v) is 18.5. The molecule has 11 nitrogen and oxygen atoms in total. The zero-order valence-corrected chi connectivity index (χ0v) is 30.6. The van der Waals surface area contributed by atoms with Gasteiger partial charge in [0.15, 0.2) is 0 Å². The van der Waals surface area contributed by atoms with Crippen LogP contribution in [0.4, 0.5) is 41.2 Å². The topological polar surface area (TPSA) is 139 Å². The number of sulfonamides is 1. The van der Waals surface area contributed by atoms with Crippen LogP contribution < -0.4 is 20.7 Å². The van der Waals surface area contributed by atoms with E-state index in [1.54, 1.807) is 6.92 Å². The van der Waals surface area contributed by atoms with Crippen molar-refractivity contribution in [1.82, 2.24) is 19.9 Å². The molecule has 0 saturated carbocycles. The van der Waals surface area contributed by atoms with Gasteiger partial charge < -0.3 is 25.4 Å². The molecular formula is C37H36F7N5O6S. The molecular weight excluding hydrogens is 775 g/mol. The van der Waals surface area contributed by atoms with E-state index in [9.17, 15) is 44.3 Å². The predicted octanol–water partition coefficient (Wildman–Crippen LogP) is 6.41. The van der Waals surface area contributed by atoms with Gasteiger partial charge in [-0.2, -0.15) is 4.31 Å². The number of nitrogens with zero attached hydrogens (tertiary/aromatic N) is 2. The number of hydrogen-bond acceptors (Lipinski definition) is 8. The highest BCUT2D eigenvalue weighted by Gasteiger charge is 2.39. The molecule has 3 aromatic carbocycles. The Kier molecular flexibility index (Phi) is 13.2. The minimum atomic E-state index is -4.97. The third-order valence-corrected chi connectivity index (χ3v) is 11.1. The smallest absolute Gasteiger partial charge is 0.453 e. The largest absolute Gasteiger partial charge is 0.573 e. The average Bonchev–Trinajstić information content (AvgIpc) is 3.12. The lowest BCUT2D eigenvalue weighted by Crippen LogP contribution is -2.58. The first-order chi connectivity index (χ1) is 26.5. The summed E-state index contributed by atoms with van der Waals surface area (Å²) < 4.78 is 134. The van der Waals surface area contributed by atoms with E-state index in [4.69, 9.17) is 4.74 Å². The number of alkyl carbamates (subject to hydrolysis) is 1. The van der Waals surface area contributed by atoms with Gasteiger partial charge in [-0.1, -0.05) is 12.1 Å². The number of alkyl halides is 3. The van der Waals surface area contributed by atoms with Gasteiger partial charge in [-0.3, -0.25) is 9.78 Å². The van der Waals surface area contributed by atoms with E-state index in [0.29, 0.717) is 6.07 Å². The molecule has 2 amide bonds. The fraction of sp³-hybridized carbons (Fsp3) is 0.324. The average molecular weight is 812 g/mol. The third-order valence-electron chi connectivity index (χ3n) is 9.02. The second-order valence-electron chi connectivity index (χ2n) is 12.9. The number of nitrogens with one attached hydrogen (secondary N) is 3. The zero-order chi connectivity index (χ0) is 40.8. The van der Waals surface area contributed by atoms with E-state index >= 15 is 4.39 Å². The fourth-order valence-electron chi connectivity index (χ4n) is 6.63. The number of ether oxygens (including phenoxy) is 2. The summed E-state index contributed by atoms with van der Waals surface area (Å²) >= 11 is 0. The van der Waals surface area contributed by atoms with Crippen molar-refractivity contribution in [3.8, 4) is 5.75 Å². The molecule has 1 aliphatic heterocycles. The quantitative estimate of drug-likeness (QED) is 0.132. The molecule has 0 radical (unpaired) electrons. The highest BCUT2D eigenvalue weighted by atomic mass is 32.2. The van der Waals surface area contributed by atoms with Crippen molar-refractivity contribution in [2.24, 2.45) is 0 Å². The summed E-state index contributed by atoms with van der Waals surface area (Å²) in [7, 11) is -3.21. The number of anilines is 1. The van der Waals surface area contributed by atoms with E-state index in [2.05, 4.69) is 25.7 Å². The van der Waals surface area contributed by atoms with Crippen LogP contribution in [0.15, 0.2) is 84.0 Å². The summed E-state index contributed by atoms with van der Waals surface area (Å²) in [6.45, 7) is 2.14. The van der Waals surface area contributed by atoms with Crippen molar-refractivity contribution >= 4 is 27.7 Å². The molecule has 4 unspecified atom stereocenters. The Morgan fingerprint density at radius 3 is 2.21 bits per heavy atom. The summed E-state index contributed by atoms with van der Waals surface area (Å²) in [5.74, 6) is -6.38. The number of benzene rings is 3. The minimum Gasteiger partial charge on any atom is -0.453 e. The lowest BCUT2D eigenvalue weighted by Gasteiger charge is -2.40. The highest BCUT2D eigenvalue weighted by Crippen LogP contribution is 2.33. The maximum atomic E-state index is 15.4. The molecule has 0 aliphatic carbocycles. The lowest BCUT2D eigenvalue weighted by atomic mass is 9.84. The van der Waals surface area contributed by atoms with Crippen LogP contribution in [-0.2, 0) is 26.0 Å². The summed E-state index contributed by atoms with van der Waals surface area (Å²) in [5.41, 5.74) is -0.0999. The lowest BCUT2D eigenvalue weighted by molar-refractivity contribution is -0.274. The highest BCUT2D eigenvalue weighted by molar-refractivity contribution is 7.89. The van der Waals surface area contributed by atoms with Gasteiger partial charge >= 0.3 is 12.5 Å². The van der Waals surface area contributed by atoms with Gasteiger partial charge in [-0.25, -0.2) is 30.8 Å². The molecule has 1 aliphatic rings. The molecule has 0 bridgehead atoms. The van der Waals surface area contributed by atoms with Gasteiger partial charge in [0.05, 0.1) is 30.1 Å². The van der Waals surface area contributed by atoms with Crippen LogP contribution in [-0.4, -0.2) is 74.4 Å². The molecule has 4 aromatic rings. The Morgan fingerprint density at radius 2 is 1.59 bits per heavy atom. The first kappa shape index (κ1) is 41.9. The molecule has 3 N–H and O–H groups in total. The van der Waals surface area contributed by atoms with Crippen molar-refractivity contribution in [3.63, 3.8) is 0 Å². The second-order valence-corrected chi connectivity index (χ2v) is 14.7. The summed E-state index contributed by atoms with van der Waals surface area (Å²) in [4.78, 5) is 30.1. The third kappa shape index (κ3) is 10.3. The molecule has 19 heteroatoms. The van der Waals surface area contributed by atoms with Crippen molar-refractivity contribution in [3.05, 3.63) is 119 Å². The molecule has 56 heavy (non-hydrogen) atoms. The van der Waals surface area contributed by atoms with E-state index < -0.39 is 81.4 Å². The molecule has 1 aromatic heterocycles. The Hall–Kier alpha value is -5.27. The van der Waals surface area contributed by atoms with E-state index in [0.717, 1.165) is 68.0 Å². The van der Waals surface area contributed by atoms with Crippen molar-refractivity contribution in [2.75, 3.05) is 25.5 Å². The molecule has 1 fully saturated rings. The molecule has 300 valence electrons. The number of methoxy groups -OCH3 is 1. The van der Waals surface area contributed by atoms with Gasteiger partial charge in [-0.05, 0) is 85.8 Å². The number of rotatable bonds is 13. The van der Waals surface area contributed by atoms with Crippen LogP contribution >= 0.6 is 0 Å². The van der Waals surface area contributed by atoms with Crippen molar-refractivity contribution < 1.29 is 58.2 Å². The van der Waals surface area contributed by atoms with Gasteiger partial charge in [0, 0.05) is 42.7 Å². The maximum Gasteiger partial charge on any atom is 0.573 e. The van der Waals surface area contributed by atoms with E-state index in [-0.39, 0.29) is 59.6 Å². The SMILES string of the molecule is COC(=O)NC(C(=O)Nc1cncc(F)c1CCCC1CNCC(C)N1S(=O)(=O)c1ccc(OC(F)(F)F)cc1)C(c1ccc(F)cc1)c1cc(F)cc(F)c1.